The van der Waals surface area contributed by atoms with Crippen LogP contribution < -0.4 is 35.3 Å². The van der Waals surface area contributed by atoms with Crippen molar-refractivity contribution >= 4 is 14.4 Å². The molecule has 0 amide bonds. The third kappa shape index (κ3) is 3.07. The van der Waals surface area contributed by atoms with Crippen LogP contribution in [0.2, 0.25) is 0 Å². The van der Waals surface area contributed by atoms with Crippen molar-refractivity contribution in [3.63, 3.8) is 0 Å². The number of fused-ring (bicyclic) bond motifs is 1. The molecule has 0 bridgehead atoms. The molecule has 0 radical (unpaired) electrons. The fourth-order valence-electron chi connectivity index (χ4n) is 3.06. The van der Waals surface area contributed by atoms with Crippen LogP contribution in [0.4, 0.5) is 0 Å². The standard InChI is InChI=1S/C18H17.2ClH.Zr/c1-12(2)16-10-6-9-15-11-17(13(3)18(15)16)14-7-4-5-8-14;;;/h4-7,9-10H,8H2,1-3H3;2*1H;/q;;;+2/p-2. The van der Waals surface area contributed by atoms with Crippen LogP contribution in [0.5, 0.6) is 0 Å². The van der Waals surface area contributed by atoms with Crippen LogP contribution in [0.15, 0.2) is 47.6 Å². The second-order valence-electron chi connectivity index (χ2n) is 5.43. The molecule has 0 saturated heterocycles. The van der Waals surface area contributed by atoms with Crippen LogP contribution in [0.25, 0.3) is 14.4 Å². The van der Waals surface area contributed by atoms with E-state index in [-0.39, 0.29) is 24.8 Å². The molecule has 2 aliphatic rings. The maximum absolute atomic E-state index is 2.29. The molecule has 0 spiro atoms. The zero-order valence-electron chi connectivity index (χ0n) is 12.4. The smallest absolute Gasteiger partial charge is 1.00 e. The molecule has 107 valence electrons. The van der Waals surface area contributed by atoms with E-state index in [1.54, 1.807) is 0 Å². The third-order valence-electron chi connectivity index (χ3n) is 3.96. The summed E-state index contributed by atoms with van der Waals surface area (Å²) in [5.74, 6) is 0. The Hall–Kier alpha value is -0.357. The monoisotopic (exact) mass is 393 g/mol. The summed E-state index contributed by atoms with van der Waals surface area (Å²) in [5, 5.41) is 2.88. The number of hydrogen-bond donors (Lipinski definition) is 0. The number of allylic oxidation sites excluding steroid dienone is 5. The molecule has 0 aliphatic heterocycles. The molecule has 0 N–H and O–H groups in total. The fraction of sp³-hybridized carbons (Fsp3) is 0.222. The Morgan fingerprint density at radius 2 is 1.86 bits per heavy atom. The summed E-state index contributed by atoms with van der Waals surface area (Å²) in [6.07, 6.45) is 7.79. The second-order valence-corrected chi connectivity index (χ2v) is 6.66. The third-order valence-corrected chi connectivity index (χ3v) is 5.24. The second kappa shape index (κ2) is 7.27. The van der Waals surface area contributed by atoms with Gasteiger partial charge in [0, 0.05) is 0 Å². The molecule has 0 fully saturated rings. The van der Waals surface area contributed by atoms with Crippen LogP contribution in [0.3, 0.4) is 0 Å². The summed E-state index contributed by atoms with van der Waals surface area (Å²) < 4.78 is 1.53. The molecule has 1 aromatic rings. The van der Waals surface area contributed by atoms with E-state index in [4.69, 9.17) is 0 Å². The first-order valence-electron chi connectivity index (χ1n) is 6.71. The Labute approximate surface area is 154 Å². The average Bonchev–Trinajstić information content (AvgIpc) is 2.98. The van der Waals surface area contributed by atoms with E-state index in [1.807, 2.05) is 0 Å². The Balaban J connectivity index is 0.00000110. The molecule has 0 nitrogen and oxygen atoms in total. The Morgan fingerprint density at radius 1 is 1.14 bits per heavy atom. The van der Waals surface area contributed by atoms with Crippen LogP contribution >= 0.6 is 0 Å². The van der Waals surface area contributed by atoms with E-state index in [9.17, 15) is 0 Å². The van der Waals surface area contributed by atoms with E-state index in [2.05, 4.69) is 57.2 Å². The minimum atomic E-state index is 0. The molecule has 0 saturated carbocycles. The van der Waals surface area contributed by atoms with Gasteiger partial charge in [0.15, 0.2) is 0 Å². The van der Waals surface area contributed by atoms with Crippen LogP contribution in [-0.4, -0.2) is 0 Å². The number of rotatable bonds is 1. The van der Waals surface area contributed by atoms with Gasteiger partial charge in [-0.25, -0.2) is 0 Å². The first kappa shape index (κ1) is 18.7. The number of halogens is 2. The van der Waals surface area contributed by atoms with Gasteiger partial charge in [0.25, 0.3) is 0 Å². The van der Waals surface area contributed by atoms with E-state index < -0.39 is 0 Å². The predicted molar refractivity (Wildman–Crippen MR) is 78.3 cm³/mol. The Morgan fingerprint density at radius 3 is 2.43 bits per heavy atom. The van der Waals surface area contributed by atoms with Gasteiger partial charge in [0.2, 0.25) is 0 Å². The molecule has 3 heteroatoms. The zero-order chi connectivity index (χ0) is 13.6. The van der Waals surface area contributed by atoms with Crippen molar-refractivity contribution in [2.75, 3.05) is 0 Å². The first-order valence-corrected chi connectivity index (χ1v) is 7.94. The molecule has 2 aliphatic carbocycles. The van der Waals surface area contributed by atoms with E-state index in [0.29, 0.717) is 0 Å². The largest absolute Gasteiger partial charge is 1.00 e. The fourth-order valence-corrected chi connectivity index (χ4v) is 4.43. The van der Waals surface area contributed by atoms with Gasteiger partial charge >= 0.3 is 130 Å². The van der Waals surface area contributed by atoms with Gasteiger partial charge in [-0.15, -0.1) is 0 Å². The van der Waals surface area contributed by atoms with E-state index in [1.165, 1.54) is 66.3 Å². The van der Waals surface area contributed by atoms with Gasteiger partial charge in [-0.2, -0.15) is 0 Å². The van der Waals surface area contributed by atoms with E-state index >= 15 is 0 Å². The summed E-state index contributed by atoms with van der Waals surface area (Å²) in [4.78, 5) is 0. The SMILES string of the molecule is CC(C)=c1cccc2c1=C(C)C(C1=CC=CC1)=[C]2[Zr+2].[Cl-].[Cl-]. The average molecular weight is 395 g/mol. The van der Waals surface area contributed by atoms with Gasteiger partial charge in [-0.05, 0) is 0 Å². The van der Waals surface area contributed by atoms with Gasteiger partial charge in [0.05, 0.1) is 0 Å². The molecule has 1 aromatic carbocycles. The van der Waals surface area contributed by atoms with Gasteiger partial charge in [0.1, 0.15) is 0 Å². The van der Waals surface area contributed by atoms with Gasteiger partial charge in [-0.3, -0.25) is 0 Å². The minimum absolute atomic E-state index is 0. The van der Waals surface area contributed by atoms with Crippen LogP contribution in [-0.2, 0) is 24.7 Å². The van der Waals surface area contributed by atoms with Crippen molar-refractivity contribution in [1.82, 2.24) is 0 Å². The quantitative estimate of drug-likeness (QED) is 0.483. The summed E-state index contributed by atoms with van der Waals surface area (Å²) in [5.41, 5.74) is 7.32. The topological polar surface area (TPSA) is 0 Å². The van der Waals surface area contributed by atoms with Crippen LogP contribution in [0.1, 0.15) is 32.8 Å². The summed E-state index contributed by atoms with van der Waals surface area (Å²) in [6.45, 7) is 6.71. The molecule has 21 heavy (non-hydrogen) atoms. The Kier molecular flexibility index (Phi) is 6.47. The predicted octanol–water partition coefficient (Wildman–Crippen LogP) is -2.79. The Bertz CT molecular complexity index is 776. The molecular formula is C18H17Cl2Zr. The summed E-state index contributed by atoms with van der Waals surface area (Å²) in [7, 11) is 0. The van der Waals surface area contributed by atoms with Crippen molar-refractivity contribution in [2.24, 2.45) is 0 Å². The molecule has 0 unspecified atom stereocenters. The van der Waals surface area contributed by atoms with E-state index in [0.717, 1.165) is 6.42 Å². The molecule has 0 aromatic heterocycles. The maximum Gasteiger partial charge on any atom is -1.00 e. The van der Waals surface area contributed by atoms with Gasteiger partial charge < -0.3 is 24.8 Å². The first-order chi connectivity index (χ1) is 9.11. The zero-order valence-corrected chi connectivity index (χ0v) is 16.4. The van der Waals surface area contributed by atoms with Gasteiger partial charge in [-0.1, -0.05) is 0 Å². The van der Waals surface area contributed by atoms with Crippen molar-refractivity contribution in [3.8, 4) is 0 Å². The molecule has 0 heterocycles. The number of hydrogen-bond acceptors (Lipinski definition) is 0. The minimum Gasteiger partial charge on any atom is -1.00 e. The summed E-state index contributed by atoms with van der Waals surface area (Å²) in [6, 6.07) is 6.74. The molecular weight excluding hydrogens is 378 g/mol. The molecule has 0 atom stereocenters. The van der Waals surface area contributed by atoms with Crippen molar-refractivity contribution in [2.45, 2.75) is 27.2 Å². The number of benzene rings is 1. The van der Waals surface area contributed by atoms with Crippen LogP contribution in [0, 0.1) is 0 Å². The maximum atomic E-state index is 2.29. The van der Waals surface area contributed by atoms with Crippen molar-refractivity contribution < 1.29 is 49.5 Å². The van der Waals surface area contributed by atoms with Crippen molar-refractivity contribution in [1.29, 1.82) is 0 Å². The normalized spacial score (nSPS) is 15.5. The summed E-state index contributed by atoms with van der Waals surface area (Å²) >= 11 is 1.52. The molecule has 3 rings (SSSR count). The van der Waals surface area contributed by atoms with Crippen molar-refractivity contribution in [3.05, 3.63) is 63.6 Å².